The van der Waals surface area contributed by atoms with Crippen LogP contribution >= 0.6 is 0 Å². The predicted octanol–water partition coefficient (Wildman–Crippen LogP) is 4.31. The topological polar surface area (TPSA) is 85.2 Å². The Labute approximate surface area is 174 Å². The number of hydrogen-bond donors (Lipinski definition) is 1. The minimum atomic E-state index is 0.322. The first-order valence-corrected chi connectivity index (χ1v) is 11.0. The standard InChI is InChI=1S/C23H25N7/c1-2-7-17(18-8-3-4-9-19(18)21-26-28-29-27-21)16(6-1)14-30-20-10-5-13-24-22(20)25-23(30)15-11-12-15/h1-2,5-7,10,13,15,18-19H,3-4,8-9,11-12,14H2,(H,26,27,28,29)/t18-,19+/m1/s1. The van der Waals surface area contributed by atoms with Crippen LogP contribution in [0.3, 0.4) is 0 Å². The van der Waals surface area contributed by atoms with Gasteiger partial charge in [-0.3, -0.25) is 0 Å². The molecule has 0 unspecified atom stereocenters. The summed E-state index contributed by atoms with van der Waals surface area (Å²) >= 11 is 0. The lowest BCUT2D eigenvalue weighted by atomic mass is 9.74. The molecule has 6 rings (SSSR count). The number of nitrogens with zero attached hydrogens (tertiary/aromatic N) is 6. The summed E-state index contributed by atoms with van der Waals surface area (Å²) in [5.41, 5.74) is 4.77. The van der Waals surface area contributed by atoms with Crippen molar-refractivity contribution in [2.24, 2.45) is 0 Å². The number of fused-ring (bicyclic) bond motifs is 1. The van der Waals surface area contributed by atoms with Gasteiger partial charge in [-0.15, -0.1) is 10.2 Å². The van der Waals surface area contributed by atoms with Crippen LogP contribution in [0.1, 0.15) is 79.1 Å². The second-order valence-corrected chi connectivity index (χ2v) is 8.64. The van der Waals surface area contributed by atoms with Crippen molar-refractivity contribution in [2.45, 2.75) is 62.8 Å². The van der Waals surface area contributed by atoms with Crippen molar-refractivity contribution in [2.75, 3.05) is 0 Å². The van der Waals surface area contributed by atoms with E-state index in [0.717, 1.165) is 36.4 Å². The van der Waals surface area contributed by atoms with Crippen LogP contribution in [0.2, 0.25) is 0 Å². The molecule has 0 saturated heterocycles. The van der Waals surface area contributed by atoms with Crippen LogP contribution in [0.5, 0.6) is 0 Å². The van der Waals surface area contributed by atoms with Crippen LogP contribution in [-0.4, -0.2) is 35.2 Å². The number of nitrogens with one attached hydrogen (secondary N) is 1. The molecule has 2 atom stereocenters. The molecule has 2 aliphatic rings. The van der Waals surface area contributed by atoms with Crippen molar-refractivity contribution in [3.8, 4) is 0 Å². The van der Waals surface area contributed by atoms with Crippen LogP contribution in [0, 0.1) is 0 Å². The Hall–Kier alpha value is -3.09. The van der Waals surface area contributed by atoms with Gasteiger partial charge < -0.3 is 4.57 Å². The zero-order chi connectivity index (χ0) is 19.9. The largest absolute Gasteiger partial charge is 0.322 e. The highest BCUT2D eigenvalue weighted by molar-refractivity contribution is 5.71. The number of hydrogen-bond acceptors (Lipinski definition) is 5. The normalized spacial score (nSPS) is 21.9. The maximum atomic E-state index is 4.89. The number of pyridine rings is 1. The number of tetrazole rings is 1. The van der Waals surface area contributed by atoms with Gasteiger partial charge >= 0.3 is 0 Å². The molecule has 7 heteroatoms. The van der Waals surface area contributed by atoms with Crippen molar-refractivity contribution in [1.82, 2.24) is 35.2 Å². The second-order valence-electron chi connectivity index (χ2n) is 8.64. The summed E-state index contributed by atoms with van der Waals surface area (Å²) in [6.07, 6.45) is 9.05. The fraction of sp³-hybridized carbons (Fsp3) is 0.435. The molecule has 2 fully saturated rings. The number of benzene rings is 1. The Bertz CT molecular complexity index is 1160. The molecule has 0 amide bonds. The van der Waals surface area contributed by atoms with Crippen molar-refractivity contribution >= 4 is 11.2 Å². The van der Waals surface area contributed by atoms with E-state index in [1.807, 2.05) is 12.3 Å². The molecule has 0 aliphatic heterocycles. The van der Waals surface area contributed by atoms with E-state index >= 15 is 0 Å². The number of imidazole rings is 1. The predicted molar refractivity (Wildman–Crippen MR) is 113 cm³/mol. The summed E-state index contributed by atoms with van der Waals surface area (Å²) in [7, 11) is 0. The van der Waals surface area contributed by atoms with Gasteiger partial charge in [-0.2, -0.15) is 5.21 Å². The van der Waals surface area contributed by atoms with E-state index in [-0.39, 0.29) is 0 Å². The number of rotatable bonds is 5. The minimum Gasteiger partial charge on any atom is -0.322 e. The Morgan fingerprint density at radius 3 is 2.67 bits per heavy atom. The summed E-state index contributed by atoms with van der Waals surface area (Å²) in [5.74, 6) is 3.36. The van der Waals surface area contributed by atoms with E-state index in [0.29, 0.717) is 17.8 Å². The highest BCUT2D eigenvalue weighted by atomic mass is 15.5. The van der Waals surface area contributed by atoms with Crippen LogP contribution in [0.25, 0.3) is 11.2 Å². The molecule has 2 aliphatic carbocycles. The Morgan fingerprint density at radius 2 is 1.83 bits per heavy atom. The van der Waals surface area contributed by atoms with E-state index in [9.17, 15) is 0 Å². The molecule has 0 spiro atoms. The highest BCUT2D eigenvalue weighted by Crippen LogP contribution is 2.45. The molecule has 30 heavy (non-hydrogen) atoms. The number of aromatic amines is 1. The number of H-pyrrole nitrogens is 1. The molecule has 0 radical (unpaired) electrons. The van der Waals surface area contributed by atoms with Gasteiger partial charge in [-0.05, 0) is 54.9 Å². The third-order valence-electron chi connectivity index (χ3n) is 6.74. The molecular formula is C23H25N7. The molecule has 3 aromatic heterocycles. The van der Waals surface area contributed by atoms with Gasteiger partial charge in [-0.1, -0.05) is 42.3 Å². The van der Waals surface area contributed by atoms with E-state index in [4.69, 9.17) is 4.98 Å². The van der Waals surface area contributed by atoms with E-state index < -0.39 is 0 Å². The molecule has 4 aromatic rings. The lowest BCUT2D eigenvalue weighted by Gasteiger charge is -2.31. The maximum Gasteiger partial charge on any atom is 0.178 e. The molecular weight excluding hydrogens is 374 g/mol. The molecule has 3 heterocycles. The molecule has 2 saturated carbocycles. The second kappa shape index (κ2) is 7.31. The van der Waals surface area contributed by atoms with Gasteiger partial charge in [-0.25, -0.2) is 9.97 Å². The van der Waals surface area contributed by atoms with E-state index in [1.54, 1.807) is 0 Å². The number of aromatic nitrogens is 7. The lowest BCUT2D eigenvalue weighted by molar-refractivity contribution is 0.372. The third kappa shape index (κ3) is 3.09. The quantitative estimate of drug-likeness (QED) is 0.540. The first-order chi connectivity index (χ1) is 14.9. The average molecular weight is 400 g/mol. The van der Waals surface area contributed by atoms with Gasteiger partial charge in [0.15, 0.2) is 11.5 Å². The maximum absolute atomic E-state index is 4.89. The summed E-state index contributed by atoms with van der Waals surface area (Å²) in [6.45, 7) is 0.833. The fourth-order valence-electron chi connectivity index (χ4n) is 5.15. The third-order valence-corrected chi connectivity index (χ3v) is 6.74. The van der Waals surface area contributed by atoms with Crippen molar-refractivity contribution < 1.29 is 0 Å². The van der Waals surface area contributed by atoms with Crippen molar-refractivity contribution in [1.29, 1.82) is 0 Å². The average Bonchev–Trinajstić information content (AvgIpc) is 3.36. The zero-order valence-electron chi connectivity index (χ0n) is 16.9. The van der Waals surface area contributed by atoms with E-state index in [1.165, 1.54) is 42.6 Å². The zero-order valence-corrected chi connectivity index (χ0v) is 16.9. The first kappa shape index (κ1) is 17.7. The van der Waals surface area contributed by atoms with Gasteiger partial charge in [0, 0.05) is 24.6 Å². The van der Waals surface area contributed by atoms with Crippen molar-refractivity contribution in [3.63, 3.8) is 0 Å². The molecule has 152 valence electrons. The van der Waals surface area contributed by atoms with Gasteiger partial charge in [0.25, 0.3) is 0 Å². The highest BCUT2D eigenvalue weighted by Gasteiger charge is 2.33. The molecule has 7 nitrogen and oxygen atoms in total. The van der Waals surface area contributed by atoms with Gasteiger partial charge in [0.1, 0.15) is 5.82 Å². The smallest absolute Gasteiger partial charge is 0.178 e. The summed E-state index contributed by atoms with van der Waals surface area (Å²) in [5, 5.41) is 15.1. The SMILES string of the molecule is c1ccc([C@H]2CCCC[C@@H]2c2nn[nH]n2)c(Cn2c(C3CC3)nc3ncccc32)c1. The van der Waals surface area contributed by atoms with Gasteiger partial charge in [0.05, 0.1) is 5.52 Å². The van der Waals surface area contributed by atoms with Gasteiger partial charge in [0.2, 0.25) is 0 Å². The van der Waals surface area contributed by atoms with Crippen LogP contribution in [0.15, 0.2) is 42.6 Å². The fourth-order valence-corrected chi connectivity index (χ4v) is 5.15. The Kier molecular flexibility index (Phi) is 4.32. The summed E-state index contributed by atoms with van der Waals surface area (Å²) in [6, 6.07) is 13.0. The van der Waals surface area contributed by atoms with Crippen LogP contribution in [0.4, 0.5) is 0 Å². The first-order valence-electron chi connectivity index (χ1n) is 11.0. The Balaban J connectivity index is 1.41. The molecule has 1 aromatic carbocycles. The summed E-state index contributed by atoms with van der Waals surface area (Å²) < 4.78 is 2.39. The Morgan fingerprint density at radius 1 is 0.967 bits per heavy atom. The van der Waals surface area contributed by atoms with Crippen molar-refractivity contribution in [3.05, 3.63) is 65.4 Å². The van der Waals surface area contributed by atoms with Crippen LogP contribution in [-0.2, 0) is 6.54 Å². The molecule has 0 bridgehead atoms. The lowest BCUT2D eigenvalue weighted by Crippen LogP contribution is -2.19. The summed E-state index contributed by atoms with van der Waals surface area (Å²) in [4.78, 5) is 9.40. The minimum absolute atomic E-state index is 0.322. The van der Waals surface area contributed by atoms with E-state index in [2.05, 4.69) is 60.5 Å². The monoisotopic (exact) mass is 399 g/mol. The van der Waals surface area contributed by atoms with Crippen LogP contribution < -0.4 is 0 Å². The molecule has 1 N–H and O–H groups in total.